The number of hydrogen-bond acceptors (Lipinski definition) is 6. The van der Waals surface area contributed by atoms with Gasteiger partial charge in [0.05, 0.1) is 25.1 Å². The second-order valence-corrected chi connectivity index (χ2v) is 7.76. The Morgan fingerprint density at radius 3 is 2.40 bits per heavy atom. The van der Waals surface area contributed by atoms with Crippen LogP contribution in [0.3, 0.4) is 0 Å². The maximum atomic E-state index is 12.2. The quantitative estimate of drug-likeness (QED) is 0.811. The first-order chi connectivity index (χ1) is 11.9. The van der Waals surface area contributed by atoms with Gasteiger partial charge in [0.1, 0.15) is 5.75 Å². The lowest BCUT2D eigenvalue weighted by Crippen LogP contribution is -2.51. The predicted molar refractivity (Wildman–Crippen MR) is 94.6 cm³/mol. The van der Waals surface area contributed by atoms with Crippen molar-refractivity contribution >= 4 is 26.7 Å². The average Bonchev–Trinajstić information content (AvgIpc) is 2.65. The summed E-state index contributed by atoms with van der Waals surface area (Å²) in [6, 6.07) is 7.68. The van der Waals surface area contributed by atoms with Crippen molar-refractivity contribution < 1.29 is 22.7 Å². The molecule has 1 fully saturated rings. The number of carbonyl (C=O) groups is 2. The van der Waals surface area contributed by atoms with Gasteiger partial charge in [-0.25, -0.2) is 8.42 Å². The van der Waals surface area contributed by atoms with Gasteiger partial charge in [-0.1, -0.05) is 19.1 Å². The highest BCUT2D eigenvalue weighted by molar-refractivity contribution is 8.05. The van der Waals surface area contributed by atoms with Gasteiger partial charge in [0.2, 0.25) is 15.7 Å². The van der Waals surface area contributed by atoms with E-state index in [9.17, 15) is 18.0 Å². The molecular formula is C16H23N3O5S. The Morgan fingerprint density at radius 1 is 1.16 bits per heavy atom. The lowest BCUT2D eigenvalue weighted by atomic mass is 10.2. The molecule has 1 aromatic rings. The molecule has 2 amide bonds. The molecule has 2 rings (SSSR count). The van der Waals surface area contributed by atoms with E-state index in [0.29, 0.717) is 26.2 Å². The van der Waals surface area contributed by atoms with E-state index < -0.39 is 15.1 Å². The van der Waals surface area contributed by atoms with E-state index in [2.05, 4.69) is 10.2 Å². The van der Waals surface area contributed by atoms with Crippen LogP contribution in [0.15, 0.2) is 24.3 Å². The van der Waals surface area contributed by atoms with Gasteiger partial charge in [-0.15, -0.1) is 0 Å². The van der Waals surface area contributed by atoms with Gasteiger partial charge in [-0.3, -0.25) is 9.59 Å². The first-order valence-corrected chi connectivity index (χ1v) is 9.70. The van der Waals surface area contributed by atoms with Gasteiger partial charge >= 0.3 is 5.24 Å². The summed E-state index contributed by atoms with van der Waals surface area (Å²) in [6.45, 7) is 3.32. The van der Waals surface area contributed by atoms with Crippen molar-refractivity contribution in [1.29, 1.82) is 0 Å². The molecule has 0 radical (unpaired) electrons. The lowest BCUT2D eigenvalue weighted by Gasteiger charge is -2.36. The zero-order valence-corrected chi connectivity index (χ0v) is 15.2. The summed E-state index contributed by atoms with van der Waals surface area (Å²) in [5, 5.41) is 1.08. The molecule has 1 aromatic carbocycles. The number of hydrogen-bond donors (Lipinski definition) is 1. The van der Waals surface area contributed by atoms with Gasteiger partial charge in [0, 0.05) is 26.2 Å². The minimum Gasteiger partial charge on any atom is -0.495 e. The van der Waals surface area contributed by atoms with E-state index in [1.165, 1.54) is 6.92 Å². The van der Waals surface area contributed by atoms with Gasteiger partial charge in [0.15, 0.2) is 0 Å². The number of nitrogens with zero attached hydrogens (tertiary/aromatic N) is 2. The van der Waals surface area contributed by atoms with E-state index in [0.717, 1.165) is 11.4 Å². The molecule has 1 heterocycles. The summed E-state index contributed by atoms with van der Waals surface area (Å²) in [7, 11) is -2.20. The normalized spacial score (nSPS) is 15.0. The molecular weight excluding hydrogens is 346 g/mol. The Morgan fingerprint density at radius 2 is 1.80 bits per heavy atom. The molecule has 8 nitrogen and oxygen atoms in total. The molecule has 138 valence electrons. The average molecular weight is 369 g/mol. The second-order valence-electron chi connectivity index (χ2n) is 5.58. The summed E-state index contributed by atoms with van der Waals surface area (Å²) in [5.74, 6) is 0.198. The summed E-state index contributed by atoms with van der Waals surface area (Å²) in [4.78, 5) is 27.4. The zero-order valence-electron chi connectivity index (χ0n) is 14.4. The Balaban J connectivity index is 1.87. The van der Waals surface area contributed by atoms with E-state index in [4.69, 9.17) is 4.74 Å². The number of nitrogens with one attached hydrogen (secondary N) is 1. The van der Waals surface area contributed by atoms with E-state index >= 15 is 0 Å². The maximum Gasteiger partial charge on any atom is 0.336 e. The molecule has 0 aliphatic carbocycles. The van der Waals surface area contributed by atoms with E-state index in [-0.39, 0.29) is 18.2 Å². The standard InChI is InChI=1S/C16H23N3O5S/c1-3-25(22,23)16(21)17-12-15(20)19-10-8-18(9-11-19)13-6-4-5-7-14(13)24-2/h4-7H,3,8-12H2,1-2H3,(H,17,21). The first-order valence-electron chi connectivity index (χ1n) is 8.05. The SMILES string of the molecule is CCS(=O)(=O)C(=O)NCC(=O)N1CCN(c2ccccc2OC)CC1. The van der Waals surface area contributed by atoms with E-state index in [1.807, 2.05) is 24.3 Å². The Hall–Kier alpha value is -2.29. The smallest absolute Gasteiger partial charge is 0.336 e. The molecule has 1 aliphatic heterocycles. The molecule has 0 saturated carbocycles. The van der Waals surface area contributed by atoms with Crippen LogP contribution in [0.1, 0.15) is 6.92 Å². The molecule has 9 heteroatoms. The summed E-state index contributed by atoms with van der Waals surface area (Å²) in [5.41, 5.74) is 0.972. The Kier molecular flexibility index (Phi) is 6.24. The Bertz CT molecular complexity index is 727. The van der Waals surface area contributed by atoms with Crippen molar-refractivity contribution in [3.05, 3.63) is 24.3 Å². The van der Waals surface area contributed by atoms with Crippen LogP contribution in [0.2, 0.25) is 0 Å². The third-order valence-electron chi connectivity index (χ3n) is 4.10. The van der Waals surface area contributed by atoms with Gasteiger partial charge < -0.3 is 19.9 Å². The summed E-state index contributed by atoms with van der Waals surface area (Å²) < 4.78 is 28.1. The number of methoxy groups -OCH3 is 1. The minimum atomic E-state index is -3.82. The van der Waals surface area contributed by atoms with Crippen LogP contribution in [0.4, 0.5) is 10.5 Å². The van der Waals surface area contributed by atoms with Gasteiger partial charge in [-0.2, -0.15) is 0 Å². The fraction of sp³-hybridized carbons (Fsp3) is 0.500. The summed E-state index contributed by atoms with van der Waals surface area (Å²) in [6.07, 6.45) is 0. The molecule has 0 aromatic heterocycles. The fourth-order valence-electron chi connectivity index (χ4n) is 2.59. The van der Waals surface area contributed by atoms with Crippen LogP contribution >= 0.6 is 0 Å². The number of carbonyl (C=O) groups excluding carboxylic acids is 2. The van der Waals surface area contributed by atoms with Crippen molar-refractivity contribution in [1.82, 2.24) is 10.2 Å². The van der Waals surface area contributed by atoms with Crippen molar-refractivity contribution in [2.75, 3.05) is 50.5 Å². The molecule has 1 N–H and O–H groups in total. The highest BCUT2D eigenvalue weighted by Gasteiger charge is 2.25. The molecule has 0 bridgehead atoms. The van der Waals surface area contributed by atoms with Crippen LogP contribution in [-0.4, -0.2) is 70.1 Å². The van der Waals surface area contributed by atoms with Gasteiger partial charge in [0.25, 0.3) is 0 Å². The topological polar surface area (TPSA) is 96.0 Å². The lowest BCUT2D eigenvalue weighted by molar-refractivity contribution is -0.130. The van der Waals surface area contributed by atoms with Crippen molar-refractivity contribution in [2.45, 2.75) is 6.92 Å². The van der Waals surface area contributed by atoms with Crippen LogP contribution in [0.25, 0.3) is 0 Å². The third-order valence-corrected chi connectivity index (χ3v) is 5.57. The molecule has 0 unspecified atom stereocenters. The number of para-hydroxylation sites is 2. The summed E-state index contributed by atoms with van der Waals surface area (Å²) >= 11 is 0. The number of sulfone groups is 1. The van der Waals surface area contributed by atoms with Crippen LogP contribution in [-0.2, 0) is 14.6 Å². The van der Waals surface area contributed by atoms with Crippen LogP contribution < -0.4 is 15.0 Å². The molecule has 1 aliphatic rings. The molecule has 1 saturated heterocycles. The zero-order chi connectivity index (χ0) is 18.4. The highest BCUT2D eigenvalue weighted by atomic mass is 32.2. The Labute approximate surface area is 147 Å². The molecule has 25 heavy (non-hydrogen) atoms. The monoisotopic (exact) mass is 369 g/mol. The van der Waals surface area contributed by atoms with Crippen LogP contribution in [0.5, 0.6) is 5.75 Å². The minimum absolute atomic E-state index is 0.287. The fourth-order valence-corrected chi connectivity index (χ4v) is 3.14. The number of piperazine rings is 1. The van der Waals surface area contributed by atoms with Crippen LogP contribution in [0, 0.1) is 0 Å². The van der Waals surface area contributed by atoms with E-state index in [1.54, 1.807) is 12.0 Å². The predicted octanol–water partition coefficient (Wildman–Crippen LogP) is 0.488. The number of benzene rings is 1. The number of rotatable bonds is 5. The van der Waals surface area contributed by atoms with Gasteiger partial charge in [-0.05, 0) is 12.1 Å². The first kappa shape index (κ1) is 19.0. The number of amides is 2. The number of anilines is 1. The maximum absolute atomic E-state index is 12.2. The van der Waals surface area contributed by atoms with Crippen molar-refractivity contribution in [3.8, 4) is 5.75 Å². The molecule has 0 spiro atoms. The molecule has 0 atom stereocenters. The second kappa shape index (κ2) is 8.19. The highest BCUT2D eigenvalue weighted by Crippen LogP contribution is 2.28. The van der Waals surface area contributed by atoms with Crippen molar-refractivity contribution in [3.63, 3.8) is 0 Å². The largest absolute Gasteiger partial charge is 0.495 e. The number of ether oxygens (including phenoxy) is 1. The third kappa shape index (κ3) is 4.62. The van der Waals surface area contributed by atoms with Crippen molar-refractivity contribution in [2.24, 2.45) is 0 Å².